The molecule has 16 nitrogen and oxygen atoms in total. The molecule has 43 heavy (non-hydrogen) atoms. The molecule has 2 rings (SSSR count). The topological polar surface area (TPSA) is 203 Å². The summed E-state index contributed by atoms with van der Waals surface area (Å²) in [5, 5.41) is -0.863. The molecule has 0 spiro atoms. The SMILES string of the molecule is CC(=O)OCC1OC(Br)C(OC(C)=O)C(OC(C)=O)C1OC(C)=O.CC(=O)OCC1OC=CC(OC(C)=O)C1OC(C)=O. The highest BCUT2D eigenvalue weighted by molar-refractivity contribution is 9.09. The zero-order chi connectivity index (χ0) is 32.9. The van der Waals surface area contributed by atoms with Gasteiger partial charge in [-0.2, -0.15) is 0 Å². The van der Waals surface area contributed by atoms with E-state index in [2.05, 4.69) is 15.9 Å². The number of halogens is 1. The van der Waals surface area contributed by atoms with E-state index in [-0.39, 0.29) is 13.2 Å². The van der Waals surface area contributed by atoms with Crippen LogP contribution in [0.1, 0.15) is 48.5 Å². The molecule has 0 amide bonds. The number of carbonyl (C=O) groups excluding carboxylic acids is 7. The first-order chi connectivity index (χ1) is 20.0. The Balaban J connectivity index is 0.000000442. The summed E-state index contributed by atoms with van der Waals surface area (Å²) in [6, 6.07) is 0. The summed E-state index contributed by atoms with van der Waals surface area (Å²) in [5.74, 6) is -4.06. The minimum absolute atomic E-state index is 0.102. The average molecular weight is 683 g/mol. The number of carbonyl (C=O) groups is 7. The Hall–Kier alpha value is -3.73. The molecular formula is C26H35BrO16. The van der Waals surface area contributed by atoms with Crippen LogP contribution in [-0.4, -0.2) is 103 Å². The third-order valence-corrected chi connectivity index (χ3v) is 5.94. The lowest BCUT2D eigenvalue weighted by molar-refractivity contribution is -0.236. The van der Waals surface area contributed by atoms with Crippen molar-refractivity contribution in [2.24, 2.45) is 0 Å². The average Bonchev–Trinajstić information content (AvgIpc) is 2.86. The van der Waals surface area contributed by atoms with E-state index in [4.69, 9.17) is 42.6 Å². The first-order valence-corrected chi connectivity index (χ1v) is 13.7. The fourth-order valence-corrected chi connectivity index (χ4v) is 4.45. The molecule has 0 radical (unpaired) electrons. The normalized spacial score (nSPS) is 27.4. The molecule has 8 unspecified atom stereocenters. The zero-order valence-corrected chi connectivity index (χ0v) is 26.2. The molecule has 0 aliphatic carbocycles. The lowest BCUT2D eigenvalue weighted by Gasteiger charge is -2.42. The maximum Gasteiger partial charge on any atom is 0.303 e. The number of esters is 7. The first kappa shape index (κ1) is 37.3. The molecule has 2 heterocycles. The van der Waals surface area contributed by atoms with Gasteiger partial charge in [0.15, 0.2) is 41.6 Å². The van der Waals surface area contributed by atoms with E-state index in [1.54, 1.807) is 0 Å². The van der Waals surface area contributed by atoms with E-state index in [1.807, 2.05) is 0 Å². The molecule has 1 fully saturated rings. The van der Waals surface area contributed by atoms with Gasteiger partial charge in [-0.1, -0.05) is 15.9 Å². The van der Waals surface area contributed by atoms with Crippen molar-refractivity contribution < 1.29 is 76.2 Å². The van der Waals surface area contributed by atoms with E-state index in [0.717, 1.165) is 13.8 Å². The van der Waals surface area contributed by atoms with Crippen LogP contribution in [-0.2, 0) is 76.2 Å². The fourth-order valence-electron chi connectivity index (χ4n) is 3.76. The molecule has 0 aromatic carbocycles. The van der Waals surface area contributed by atoms with Crippen molar-refractivity contribution in [3.8, 4) is 0 Å². The molecule has 0 aromatic rings. The Kier molecular flexibility index (Phi) is 15.7. The molecule has 0 aromatic heterocycles. The van der Waals surface area contributed by atoms with Crippen LogP contribution in [0.2, 0.25) is 0 Å². The molecule has 2 aliphatic rings. The second-order valence-corrected chi connectivity index (χ2v) is 9.91. The van der Waals surface area contributed by atoms with Crippen LogP contribution in [0.25, 0.3) is 0 Å². The molecule has 17 heteroatoms. The summed E-state index contributed by atoms with van der Waals surface area (Å²) in [5.41, 5.74) is 0. The smallest absolute Gasteiger partial charge is 0.303 e. The molecule has 0 bridgehead atoms. The molecule has 8 atom stereocenters. The van der Waals surface area contributed by atoms with Crippen molar-refractivity contribution >= 4 is 57.7 Å². The van der Waals surface area contributed by atoms with Crippen LogP contribution in [0.15, 0.2) is 12.3 Å². The molecule has 242 valence electrons. The van der Waals surface area contributed by atoms with Crippen molar-refractivity contribution in [2.45, 2.75) is 96.2 Å². The second kappa shape index (κ2) is 18.0. The van der Waals surface area contributed by atoms with Gasteiger partial charge in [0.05, 0.1) is 6.26 Å². The molecule has 0 N–H and O–H groups in total. The fraction of sp³-hybridized carbons (Fsp3) is 0.654. The second-order valence-electron chi connectivity index (χ2n) is 9.00. The first-order valence-electron chi connectivity index (χ1n) is 12.8. The van der Waals surface area contributed by atoms with E-state index in [9.17, 15) is 33.6 Å². The summed E-state index contributed by atoms with van der Waals surface area (Å²) < 4.78 is 46.0. The largest absolute Gasteiger partial charge is 0.491 e. The number of hydrogen-bond acceptors (Lipinski definition) is 16. The summed E-state index contributed by atoms with van der Waals surface area (Å²) >= 11 is 3.18. The Labute approximate surface area is 255 Å². The third-order valence-electron chi connectivity index (χ3n) is 5.20. The zero-order valence-electron chi connectivity index (χ0n) is 24.6. The number of alkyl halides is 1. The van der Waals surface area contributed by atoms with Crippen molar-refractivity contribution in [3.05, 3.63) is 12.3 Å². The molecule has 0 saturated carbocycles. The van der Waals surface area contributed by atoms with Crippen molar-refractivity contribution in [2.75, 3.05) is 13.2 Å². The van der Waals surface area contributed by atoms with Gasteiger partial charge in [-0.25, -0.2) is 0 Å². The van der Waals surface area contributed by atoms with Crippen LogP contribution in [0.4, 0.5) is 0 Å². The van der Waals surface area contributed by atoms with Crippen molar-refractivity contribution in [1.82, 2.24) is 0 Å². The Morgan fingerprint density at radius 1 is 0.558 bits per heavy atom. The number of ether oxygens (including phenoxy) is 9. The molecular weight excluding hydrogens is 648 g/mol. The van der Waals surface area contributed by atoms with Crippen LogP contribution in [0.5, 0.6) is 0 Å². The lowest BCUT2D eigenvalue weighted by atomic mass is 9.99. The summed E-state index contributed by atoms with van der Waals surface area (Å²) in [4.78, 5) is 78.0. The highest BCUT2D eigenvalue weighted by Crippen LogP contribution is 2.31. The quantitative estimate of drug-likeness (QED) is 0.187. The van der Waals surface area contributed by atoms with Gasteiger partial charge in [0, 0.05) is 48.5 Å². The van der Waals surface area contributed by atoms with Gasteiger partial charge in [0.1, 0.15) is 19.3 Å². The monoisotopic (exact) mass is 682 g/mol. The van der Waals surface area contributed by atoms with E-state index in [0.29, 0.717) is 0 Å². The van der Waals surface area contributed by atoms with Gasteiger partial charge in [0.2, 0.25) is 0 Å². The van der Waals surface area contributed by atoms with Crippen LogP contribution in [0.3, 0.4) is 0 Å². The van der Waals surface area contributed by atoms with E-state index in [1.165, 1.54) is 47.0 Å². The Morgan fingerprint density at radius 2 is 0.977 bits per heavy atom. The molecule has 2 aliphatic heterocycles. The third kappa shape index (κ3) is 13.9. The molecule has 1 saturated heterocycles. The number of rotatable bonds is 9. The standard InChI is InChI=1S/C14H19BrO9.C12H16O7/c1-6(16)20-5-10-11(21-7(2)17)12(22-8(3)18)13(14(15)24-10)23-9(4)19;1-7(13)17-6-11-12(19-9(3)15)10(4-5-16-11)18-8(2)14/h10-14H,5H2,1-4H3;4-5,10-12H,6H2,1-3H3. The summed E-state index contributed by atoms with van der Waals surface area (Å²) in [6.07, 6.45) is -3.79. The Bertz CT molecular complexity index is 1060. The summed E-state index contributed by atoms with van der Waals surface area (Å²) in [6.45, 7) is 8.10. The minimum Gasteiger partial charge on any atom is -0.491 e. The lowest BCUT2D eigenvalue weighted by Crippen LogP contribution is -2.60. The van der Waals surface area contributed by atoms with Gasteiger partial charge in [-0.15, -0.1) is 0 Å². The number of hydrogen-bond donors (Lipinski definition) is 0. The highest BCUT2D eigenvalue weighted by atomic mass is 79.9. The van der Waals surface area contributed by atoms with Crippen molar-refractivity contribution in [3.63, 3.8) is 0 Å². The van der Waals surface area contributed by atoms with Crippen LogP contribution < -0.4 is 0 Å². The van der Waals surface area contributed by atoms with Gasteiger partial charge >= 0.3 is 41.8 Å². The van der Waals surface area contributed by atoms with Crippen molar-refractivity contribution in [1.29, 1.82) is 0 Å². The van der Waals surface area contributed by atoms with Gasteiger partial charge < -0.3 is 42.6 Å². The Morgan fingerprint density at radius 3 is 1.44 bits per heavy atom. The highest BCUT2D eigenvalue weighted by Gasteiger charge is 2.51. The van der Waals surface area contributed by atoms with Crippen LogP contribution in [0, 0.1) is 0 Å². The van der Waals surface area contributed by atoms with Gasteiger partial charge in [-0.3, -0.25) is 33.6 Å². The predicted molar refractivity (Wildman–Crippen MR) is 143 cm³/mol. The maximum absolute atomic E-state index is 11.4. The van der Waals surface area contributed by atoms with E-state index >= 15 is 0 Å². The summed E-state index contributed by atoms with van der Waals surface area (Å²) in [7, 11) is 0. The van der Waals surface area contributed by atoms with Gasteiger partial charge in [0.25, 0.3) is 0 Å². The van der Waals surface area contributed by atoms with Gasteiger partial charge in [-0.05, 0) is 6.08 Å². The minimum atomic E-state index is -1.13. The predicted octanol–water partition coefficient (Wildman–Crippen LogP) is 0.790. The van der Waals surface area contributed by atoms with E-state index < -0.39 is 89.5 Å². The van der Waals surface area contributed by atoms with Crippen LogP contribution >= 0.6 is 15.9 Å². The maximum atomic E-state index is 11.4.